The fraction of sp³-hybridized carbons (Fsp3) is 0.105. The molecule has 0 radical (unpaired) electrons. The second kappa shape index (κ2) is 5.49. The summed E-state index contributed by atoms with van der Waals surface area (Å²) in [4.78, 5) is 7.66. The topological polar surface area (TPSA) is 96.3 Å². The van der Waals surface area contributed by atoms with Crippen molar-refractivity contribution >= 4 is 16.7 Å². The summed E-state index contributed by atoms with van der Waals surface area (Å²) in [5.41, 5.74) is 11.9. The maximum absolute atomic E-state index is 9.58. The number of aromatic amines is 1. The van der Waals surface area contributed by atoms with E-state index in [0.717, 1.165) is 27.6 Å². The number of H-pyrrole nitrogens is 1. The van der Waals surface area contributed by atoms with E-state index in [1.54, 1.807) is 10.9 Å². The van der Waals surface area contributed by atoms with Crippen LogP contribution in [-0.4, -0.2) is 19.7 Å². The van der Waals surface area contributed by atoms with Gasteiger partial charge < -0.3 is 10.7 Å². The molecule has 0 aliphatic carbocycles. The first-order chi connectivity index (χ1) is 12.1. The Kier molecular flexibility index (Phi) is 3.29. The number of aryl methyl sites for hydroxylation is 2. The number of pyridine rings is 1. The van der Waals surface area contributed by atoms with Crippen LogP contribution in [0.4, 0.5) is 5.82 Å². The summed E-state index contributed by atoms with van der Waals surface area (Å²) < 4.78 is 1.71. The molecular formula is C19H16N6. The third-order valence-corrected chi connectivity index (χ3v) is 4.29. The van der Waals surface area contributed by atoms with E-state index in [-0.39, 0.29) is 5.82 Å². The Balaban J connectivity index is 1.99. The molecule has 6 heteroatoms. The molecule has 1 aromatic carbocycles. The molecule has 0 aliphatic rings. The second-order valence-electron chi connectivity index (χ2n) is 6.08. The van der Waals surface area contributed by atoms with Gasteiger partial charge in [-0.25, -0.2) is 4.98 Å². The van der Waals surface area contributed by atoms with Gasteiger partial charge in [0.1, 0.15) is 17.5 Å². The zero-order valence-electron chi connectivity index (χ0n) is 13.9. The Morgan fingerprint density at radius 3 is 2.80 bits per heavy atom. The van der Waals surface area contributed by atoms with Crippen LogP contribution in [0.25, 0.3) is 33.3 Å². The molecule has 6 nitrogen and oxygen atoms in total. The number of hydrogen-bond acceptors (Lipinski definition) is 4. The Hall–Kier alpha value is -3.59. The van der Waals surface area contributed by atoms with Crippen LogP contribution < -0.4 is 5.73 Å². The zero-order valence-corrected chi connectivity index (χ0v) is 13.9. The molecule has 4 rings (SSSR count). The molecule has 3 aromatic heterocycles. The second-order valence-corrected chi connectivity index (χ2v) is 6.08. The molecule has 25 heavy (non-hydrogen) atoms. The number of nitriles is 1. The largest absolute Gasteiger partial charge is 0.383 e. The molecule has 122 valence electrons. The lowest BCUT2D eigenvalue weighted by Crippen LogP contribution is -1.99. The summed E-state index contributed by atoms with van der Waals surface area (Å²) in [7, 11) is 1.85. The Morgan fingerprint density at radius 1 is 1.24 bits per heavy atom. The molecule has 4 aromatic rings. The average Bonchev–Trinajstić information content (AvgIpc) is 3.20. The van der Waals surface area contributed by atoms with E-state index >= 15 is 0 Å². The van der Waals surface area contributed by atoms with Crippen molar-refractivity contribution in [2.24, 2.45) is 7.05 Å². The summed E-state index contributed by atoms with van der Waals surface area (Å²) in [5.74, 6) is 0.223. The summed E-state index contributed by atoms with van der Waals surface area (Å²) >= 11 is 0. The van der Waals surface area contributed by atoms with Crippen LogP contribution in [0.1, 0.15) is 11.1 Å². The molecule has 0 saturated carbocycles. The van der Waals surface area contributed by atoms with E-state index in [9.17, 15) is 5.26 Å². The van der Waals surface area contributed by atoms with Crippen molar-refractivity contribution in [2.75, 3.05) is 5.73 Å². The van der Waals surface area contributed by atoms with Gasteiger partial charge in [0.05, 0.1) is 11.9 Å². The van der Waals surface area contributed by atoms with Gasteiger partial charge in [0.2, 0.25) is 0 Å². The highest BCUT2D eigenvalue weighted by atomic mass is 15.2. The van der Waals surface area contributed by atoms with Crippen LogP contribution in [0, 0.1) is 18.3 Å². The van der Waals surface area contributed by atoms with Crippen LogP contribution in [0.15, 0.2) is 42.9 Å². The smallest absolute Gasteiger partial charge is 0.142 e. The first-order valence-electron chi connectivity index (χ1n) is 7.84. The first-order valence-corrected chi connectivity index (χ1v) is 7.84. The maximum Gasteiger partial charge on any atom is 0.142 e. The van der Waals surface area contributed by atoms with Crippen molar-refractivity contribution in [2.45, 2.75) is 6.92 Å². The van der Waals surface area contributed by atoms with Gasteiger partial charge in [-0.15, -0.1) is 0 Å². The van der Waals surface area contributed by atoms with Gasteiger partial charge in [0.15, 0.2) is 0 Å². The third-order valence-electron chi connectivity index (χ3n) is 4.29. The summed E-state index contributed by atoms with van der Waals surface area (Å²) in [5, 5.41) is 14.8. The Labute approximate surface area is 144 Å². The molecule has 0 unspecified atom stereocenters. The lowest BCUT2D eigenvalue weighted by molar-refractivity contribution is 0.768. The number of aromatic nitrogens is 4. The Bertz CT molecular complexity index is 1140. The monoisotopic (exact) mass is 328 g/mol. The van der Waals surface area contributed by atoms with Crippen molar-refractivity contribution in [3.63, 3.8) is 0 Å². The Morgan fingerprint density at radius 2 is 2.08 bits per heavy atom. The number of rotatable bonds is 2. The molecule has 3 N–H and O–H groups in total. The van der Waals surface area contributed by atoms with Crippen LogP contribution in [0.5, 0.6) is 0 Å². The normalized spacial score (nSPS) is 10.9. The van der Waals surface area contributed by atoms with E-state index in [1.807, 2.05) is 32.4 Å². The van der Waals surface area contributed by atoms with Crippen LogP contribution >= 0.6 is 0 Å². The standard InChI is InChI=1S/C19H16N6/c1-11-3-4-13-16(9-22-18(13)5-11)14-6-17(12-8-23-25(2)10-12)24-19(21)15(14)7-20/h3-6,8-10,22H,1-2H3,(H2,21,24). The van der Waals surface area contributed by atoms with E-state index in [2.05, 4.69) is 39.3 Å². The quantitative estimate of drug-likeness (QED) is 0.589. The van der Waals surface area contributed by atoms with Crippen LogP contribution in [0.3, 0.4) is 0 Å². The number of nitrogens with two attached hydrogens (primary N) is 1. The van der Waals surface area contributed by atoms with Gasteiger partial charge in [0.25, 0.3) is 0 Å². The van der Waals surface area contributed by atoms with Gasteiger partial charge in [-0.2, -0.15) is 10.4 Å². The summed E-state index contributed by atoms with van der Waals surface area (Å²) in [6, 6.07) is 10.3. The van der Waals surface area contributed by atoms with Crippen LogP contribution in [0.2, 0.25) is 0 Å². The third kappa shape index (κ3) is 2.42. The minimum atomic E-state index is 0.223. The molecule has 0 spiro atoms. The molecule has 0 fully saturated rings. The molecule has 0 amide bonds. The number of nitrogens with zero attached hydrogens (tertiary/aromatic N) is 4. The van der Waals surface area contributed by atoms with Gasteiger partial charge in [-0.1, -0.05) is 12.1 Å². The van der Waals surface area contributed by atoms with Crippen molar-refractivity contribution < 1.29 is 0 Å². The average molecular weight is 328 g/mol. The maximum atomic E-state index is 9.58. The molecule has 0 saturated heterocycles. The SMILES string of the molecule is Cc1ccc2c(-c3cc(-c4cnn(C)c4)nc(N)c3C#N)c[nH]c2c1. The number of fused-ring (bicyclic) bond motifs is 1. The van der Waals surface area contributed by atoms with Crippen molar-refractivity contribution in [3.05, 3.63) is 54.0 Å². The van der Waals surface area contributed by atoms with Crippen molar-refractivity contribution in [1.29, 1.82) is 5.26 Å². The molecular weight excluding hydrogens is 312 g/mol. The molecule has 0 atom stereocenters. The lowest BCUT2D eigenvalue weighted by atomic mass is 9.98. The summed E-state index contributed by atoms with van der Waals surface area (Å²) in [6.45, 7) is 2.05. The lowest BCUT2D eigenvalue weighted by Gasteiger charge is -2.08. The zero-order chi connectivity index (χ0) is 17.6. The fourth-order valence-corrected chi connectivity index (χ4v) is 3.06. The molecule has 0 aliphatic heterocycles. The summed E-state index contributed by atoms with van der Waals surface area (Å²) in [6.07, 6.45) is 5.51. The van der Waals surface area contributed by atoms with Gasteiger partial charge in [0, 0.05) is 47.0 Å². The predicted molar refractivity (Wildman–Crippen MR) is 97.6 cm³/mol. The van der Waals surface area contributed by atoms with Crippen molar-refractivity contribution in [3.8, 4) is 28.5 Å². The fourth-order valence-electron chi connectivity index (χ4n) is 3.06. The van der Waals surface area contributed by atoms with Crippen LogP contribution in [-0.2, 0) is 7.05 Å². The van der Waals surface area contributed by atoms with E-state index < -0.39 is 0 Å². The predicted octanol–water partition coefficient (Wildman–Crippen LogP) is 3.39. The highest BCUT2D eigenvalue weighted by Gasteiger charge is 2.17. The molecule has 3 heterocycles. The van der Waals surface area contributed by atoms with E-state index in [4.69, 9.17) is 5.73 Å². The number of benzene rings is 1. The minimum absolute atomic E-state index is 0.223. The number of hydrogen-bond donors (Lipinski definition) is 2. The molecule has 0 bridgehead atoms. The number of nitrogens with one attached hydrogen (secondary N) is 1. The van der Waals surface area contributed by atoms with E-state index in [1.165, 1.54) is 5.56 Å². The number of anilines is 1. The van der Waals surface area contributed by atoms with Gasteiger partial charge in [-0.05, 0) is 24.6 Å². The first kappa shape index (κ1) is 15.0. The highest BCUT2D eigenvalue weighted by molar-refractivity contribution is 5.98. The van der Waals surface area contributed by atoms with E-state index in [0.29, 0.717) is 11.3 Å². The van der Waals surface area contributed by atoms with Gasteiger partial charge >= 0.3 is 0 Å². The minimum Gasteiger partial charge on any atom is -0.383 e. The number of nitrogen functional groups attached to an aromatic ring is 1. The van der Waals surface area contributed by atoms with Crippen molar-refractivity contribution in [1.82, 2.24) is 19.7 Å². The highest BCUT2D eigenvalue weighted by Crippen LogP contribution is 2.35. The van der Waals surface area contributed by atoms with Gasteiger partial charge in [-0.3, -0.25) is 4.68 Å².